The molecule has 0 aliphatic rings. The van der Waals surface area contributed by atoms with Crippen LogP contribution in [0.3, 0.4) is 0 Å². The number of hydrogen-bond acceptors (Lipinski definition) is 2. The molecule has 0 radical (unpaired) electrons. The zero-order valence-electron chi connectivity index (χ0n) is 7.47. The van der Waals surface area contributed by atoms with E-state index in [1.54, 1.807) is 0 Å². The van der Waals surface area contributed by atoms with Crippen LogP contribution in [0.1, 0.15) is 18.4 Å². The van der Waals surface area contributed by atoms with Crippen LogP contribution in [-0.4, -0.2) is 6.54 Å². The van der Waals surface area contributed by atoms with E-state index in [4.69, 9.17) is 4.42 Å². The van der Waals surface area contributed by atoms with Gasteiger partial charge in [-0.3, -0.25) is 0 Å². The summed E-state index contributed by atoms with van der Waals surface area (Å²) in [5.74, 6) is 2.04. The van der Waals surface area contributed by atoms with Gasteiger partial charge in [-0.25, -0.2) is 0 Å². The van der Waals surface area contributed by atoms with Gasteiger partial charge in [0.1, 0.15) is 11.5 Å². The van der Waals surface area contributed by atoms with Crippen molar-refractivity contribution in [3.8, 4) is 0 Å². The minimum atomic E-state index is 0.784. The highest BCUT2D eigenvalue weighted by molar-refractivity contribution is 5.06. The summed E-state index contributed by atoms with van der Waals surface area (Å²) < 4.78 is 5.48. The van der Waals surface area contributed by atoms with Gasteiger partial charge in [0.05, 0.1) is 6.54 Å². The number of nitrogens with one attached hydrogen (secondary N) is 1. The Hall–Kier alpha value is -1.02. The van der Waals surface area contributed by atoms with Gasteiger partial charge < -0.3 is 9.73 Å². The molecular weight excluding hydrogens is 150 g/mol. The second kappa shape index (κ2) is 4.78. The van der Waals surface area contributed by atoms with Crippen molar-refractivity contribution in [3.05, 3.63) is 36.3 Å². The Labute approximate surface area is 73.3 Å². The first kappa shape index (κ1) is 9.07. The molecule has 1 aromatic rings. The molecule has 2 nitrogen and oxygen atoms in total. The monoisotopic (exact) mass is 165 g/mol. The average Bonchev–Trinajstić information content (AvgIpc) is 2.53. The molecule has 0 amide bonds. The van der Waals surface area contributed by atoms with Crippen molar-refractivity contribution in [2.75, 3.05) is 6.54 Å². The van der Waals surface area contributed by atoms with Crippen molar-refractivity contribution in [1.82, 2.24) is 5.32 Å². The van der Waals surface area contributed by atoms with Gasteiger partial charge in [-0.05, 0) is 12.1 Å². The molecule has 12 heavy (non-hydrogen) atoms. The predicted octanol–water partition coefficient (Wildman–Crippen LogP) is 2.12. The zero-order chi connectivity index (χ0) is 8.81. The Morgan fingerprint density at radius 2 is 2.25 bits per heavy atom. The minimum absolute atomic E-state index is 0.784. The van der Waals surface area contributed by atoms with Gasteiger partial charge in [0, 0.05) is 13.0 Å². The summed E-state index contributed by atoms with van der Waals surface area (Å²) in [5, 5.41) is 3.18. The van der Waals surface area contributed by atoms with Gasteiger partial charge in [-0.2, -0.15) is 0 Å². The molecule has 1 rings (SSSR count). The van der Waals surface area contributed by atoms with Gasteiger partial charge in [-0.15, -0.1) is 6.58 Å². The molecule has 0 aliphatic heterocycles. The van der Waals surface area contributed by atoms with E-state index in [0.717, 1.165) is 31.0 Å². The van der Waals surface area contributed by atoms with E-state index in [2.05, 4.69) is 18.8 Å². The largest absolute Gasteiger partial charge is 0.465 e. The van der Waals surface area contributed by atoms with E-state index in [-0.39, 0.29) is 0 Å². The molecule has 0 unspecified atom stereocenters. The lowest BCUT2D eigenvalue weighted by Gasteiger charge is -1.96. The third-order valence-electron chi connectivity index (χ3n) is 1.65. The van der Waals surface area contributed by atoms with Crippen molar-refractivity contribution in [3.63, 3.8) is 0 Å². The Morgan fingerprint density at radius 3 is 2.83 bits per heavy atom. The standard InChI is InChI=1S/C10H15NO/c1-3-7-11-8-10-6-5-9(4-2)12-10/h3,5-6,11H,1,4,7-8H2,2H3. The number of hydrogen-bond donors (Lipinski definition) is 1. The minimum Gasteiger partial charge on any atom is -0.465 e. The van der Waals surface area contributed by atoms with E-state index in [9.17, 15) is 0 Å². The first-order chi connectivity index (χ1) is 5.86. The third-order valence-corrected chi connectivity index (χ3v) is 1.65. The first-order valence-electron chi connectivity index (χ1n) is 4.26. The maximum Gasteiger partial charge on any atom is 0.117 e. The smallest absolute Gasteiger partial charge is 0.117 e. The van der Waals surface area contributed by atoms with Crippen LogP contribution >= 0.6 is 0 Å². The lowest BCUT2D eigenvalue weighted by Crippen LogP contribution is -2.11. The summed E-state index contributed by atoms with van der Waals surface area (Å²) in [6.45, 7) is 7.31. The van der Waals surface area contributed by atoms with Crippen LogP contribution in [0.25, 0.3) is 0 Å². The van der Waals surface area contributed by atoms with Crippen molar-refractivity contribution in [1.29, 1.82) is 0 Å². The molecule has 1 N–H and O–H groups in total. The fourth-order valence-electron chi connectivity index (χ4n) is 1.00. The molecule has 0 saturated carbocycles. The van der Waals surface area contributed by atoms with Crippen molar-refractivity contribution in [2.45, 2.75) is 19.9 Å². The maximum atomic E-state index is 5.48. The number of aryl methyl sites for hydroxylation is 1. The van der Waals surface area contributed by atoms with Crippen molar-refractivity contribution >= 4 is 0 Å². The second-order valence-electron chi connectivity index (χ2n) is 2.64. The molecule has 0 aliphatic carbocycles. The van der Waals surface area contributed by atoms with Gasteiger partial charge in [0.15, 0.2) is 0 Å². The third kappa shape index (κ3) is 2.55. The predicted molar refractivity (Wildman–Crippen MR) is 50.0 cm³/mol. The molecular formula is C10H15NO. The van der Waals surface area contributed by atoms with Crippen LogP contribution in [0.5, 0.6) is 0 Å². The van der Waals surface area contributed by atoms with Gasteiger partial charge in [0.25, 0.3) is 0 Å². The van der Waals surface area contributed by atoms with Crippen molar-refractivity contribution in [2.24, 2.45) is 0 Å². The van der Waals surface area contributed by atoms with E-state index in [0.29, 0.717) is 0 Å². The van der Waals surface area contributed by atoms with Gasteiger partial charge in [-0.1, -0.05) is 13.0 Å². The molecule has 0 saturated heterocycles. The van der Waals surface area contributed by atoms with Crippen molar-refractivity contribution < 1.29 is 4.42 Å². The SMILES string of the molecule is C=CCNCc1ccc(CC)o1. The maximum absolute atomic E-state index is 5.48. The zero-order valence-corrected chi connectivity index (χ0v) is 7.47. The highest BCUT2D eigenvalue weighted by Crippen LogP contribution is 2.07. The van der Waals surface area contributed by atoms with Crippen LogP contribution < -0.4 is 5.32 Å². The Kier molecular flexibility index (Phi) is 3.61. The van der Waals surface area contributed by atoms with Crippen LogP contribution in [0, 0.1) is 0 Å². The van der Waals surface area contributed by atoms with Gasteiger partial charge >= 0.3 is 0 Å². The summed E-state index contributed by atoms with van der Waals surface area (Å²) in [7, 11) is 0. The summed E-state index contributed by atoms with van der Waals surface area (Å²) in [6, 6.07) is 4.03. The quantitative estimate of drug-likeness (QED) is 0.534. The summed E-state index contributed by atoms with van der Waals surface area (Å²) in [5.41, 5.74) is 0. The normalized spacial score (nSPS) is 10.1. The van der Waals surface area contributed by atoms with Crippen LogP contribution in [0.2, 0.25) is 0 Å². The summed E-state index contributed by atoms with van der Waals surface area (Å²) >= 11 is 0. The van der Waals surface area contributed by atoms with E-state index >= 15 is 0 Å². The molecule has 0 aromatic carbocycles. The molecule has 1 aromatic heterocycles. The highest BCUT2D eigenvalue weighted by atomic mass is 16.3. The fraction of sp³-hybridized carbons (Fsp3) is 0.400. The summed E-state index contributed by atoms with van der Waals surface area (Å²) in [4.78, 5) is 0. The lowest BCUT2D eigenvalue weighted by molar-refractivity contribution is 0.455. The molecule has 66 valence electrons. The number of rotatable bonds is 5. The van der Waals surface area contributed by atoms with Crippen LogP contribution in [0.15, 0.2) is 29.2 Å². The molecule has 0 spiro atoms. The van der Waals surface area contributed by atoms with E-state index in [1.807, 2.05) is 18.2 Å². The highest BCUT2D eigenvalue weighted by Gasteiger charge is 1.97. The summed E-state index contributed by atoms with van der Waals surface area (Å²) in [6.07, 6.45) is 2.80. The van der Waals surface area contributed by atoms with E-state index in [1.165, 1.54) is 0 Å². The number of furan rings is 1. The topological polar surface area (TPSA) is 25.2 Å². The Morgan fingerprint density at radius 1 is 1.50 bits per heavy atom. The average molecular weight is 165 g/mol. The first-order valence-corrected chi connectivity index (χ1v) is 4.26. The van der Waals surface area contributed by atoms with Crippen LogP contribution in [-0.2, 0) is 13.0 Å². The Bertz CT molecular complexity index is 240. The molecule has 0 fully saturated rings. The molecule has 0 atom stereocenters. The lowest BCUT2D eigenvalue weighted by atomic mass is 10.3. The Balaban J connectivity index is 2.36. The second-order valence-corrected chi connectivity index (χ2v) is 2.64. The van der Waals surface area contributed by atoms with Gasteiger partial charge in [0.2, 0.25) is 0 Å². The molecule has 1 heterocycles. The fourth-order valence-corrected chi connectivity index (χ4v) is 1.00. The molecule has 0 bridgehead atoms. The molecule has 2 heteroatoms. The van der Waals surface area contributed by atoms with Crippen LogP contribution in [0.4, 0.5) is 0 Å². The van der Waals surface area contributed by atoms with E-state index < -0.39 is 0 Å².